The maximum Gasteiger partial charge on any atom is 0.416 e. The summed E-state index contributed by atoms with van der Waals surface area (Å²) in [5.41, 5.74) is 4.93. The predicted octanol–water partition coefficient (Wildman–Crippen LogP) is 4.97. The lowest BCUT2D eigenvalue weighted by Gasteiger charge is -2.40. The normalized spacial score (nSPS) is 23.6. The lowest BCUT2D eigenvalue weighted by atomic mass is 9.91. The first-order valence-corrected chi connectivity index (χ1v) is 9.72. The van der Waals surface area contributed by atoms with Gasteiger partial charge in [-0.05, 0) is 48.8 Å². The number of aliphatic hydroxyl groups is 1. The van der Waals surface area contributed by atoms with E-state index in [1.165, 1.54) is 35.4 Å². The van der Waals surface area contributed by atoms with Crippen molar-refractivity contribution >= 4 is 5.70 Å². The Hall–Kier alpha value is -3.14. The summed E-state index contributed by atoms with van der Waals surface area (Å²) in [7, 11) is 0. The zero-order chi connectivity index (χ0) is 23.3. The molecule has 0 radical (unpaired) electrons. The summed E-state index contributed by atoms with van der Waals surface area (Å²) in [5.74, 6) is -1.13. The van der Waals surface area contributed by atoms with Gasteiger partial charge in [0.05, 0.1) is 11.5 Å². The first-order chi connectivity index (χ1) is 14.9. The molecule has 10 heteroatoms. The molecule has 2 atom stereocenters. The number of halogens is 6. The van der Waals surface area contributed by atoms with E-state index in [-0.39, 0.29) is 6.42 Å². The Labute approximate surface area is 179 Å². The molecular formula is C22H19F6N3O. The highest BCUT2D eigenvalue weighted by atomic mass is 19.4. The van der Waals surface area contributed by atoms with Gasteiger partial charge in [0.1, 0.15) is 5.82 Å². The molecule has 170 valence electrons. The zero-order valence-corrected chi connectivity index (χ0v) is 16.7. The summed E-state index contributed by atoms with van der Waals surface area (Å²) in [5, 5.41) is 15.0. The molecule has 2 aliphatic heterocycles. The molecule has 32 heavy (non-hydrogen) atoms. The van der Waals surface area contributed by atoms with E-state index in [1.54, 1.807) is 13.0 Å². The minimum Gasteiger partial charge on any atom is -0.368 e. The van der Waals surface area contributed by atoms with Crippen molar-refractivity contribution in [3.8, 4) is 0 Å². The SMILES string of the molecule is CC1=C(C2=CCC(C(F)(F)F)C=C2)C=C2NC(c3ccc(C(F)(F)F)cc3)=CC(O)N2N1. The van der Waals surface area contributed by atoms with Gasteiger partial charge < -0.3 is 10.4 Å². The van der Waals surface area contributed by atoms with E-state index in [4.69, 9.17) is 0 Å². The highest BCUT2D eigenvalue weighted by Gasteiger charge is 2.38. The summed E-state index contributed by atoms with van der Waals surface area (Å²) >= 11 is 0. The molecule has 1 aromatic carbocycles. The van der Waals surface area contributed by atoms with Crippen molar-refractivity contribution in [1.29, 1.82) is 0 Å². The second kappa shape index (κ2) is 7.77. The number of benzene rings is 1. The monoisotopic (exact) mass is 455 g/mol. The molecule has 0 aromatic heterocycles. The standard InChI is InChI=1S/C22H19F6N3O/c1-12-17(13-2-6-15(7-3-13)21(23,24)25)10-19-29-18(11-20(32)31(19)30-12)14-4-8-16(9-5-14)22(26,27)28/h2-6,8-11,15,20,29-30,32H,7H2,1H3. The topological polar surface area (TPSA) is 47.5 Å². The molecule has 3 N–H and O–H groups in total. The van der Waals surface area contributed by atoms with Gasteiger partial charge in [0, 0.05) is 17.0 Å². The largest absolute Gasteiger partial charge is 0.416 e. The molecule has 1 aromatic rings. The molecule has 2 heterocycles. The van der Waals surface area contributed by atoms with E-state index in [0.717, 1.165) is 18.2 Å². The predicted molar refractivity (Wildman–Crippen MR) is 106 cm³/mol. The number of fused-ring (bicyclic) bond motifs is 1. The van der Waals surface area contributed by atoms with Crippen molar-refractivity contribution in [1.82, 2.24) is 15.8 Å². The van der Waals surface area contributed by atoms with Gasteiger partial charge in [-0.15, -0.1) is 0 Å². The van der Waals surface area contributed by atoms with Crippen LogP contribution in [0.15, 0.2) is 77.3 Å². The first-order valence-electron chi connectivity index (χ1n) is 9.72. The van der Waals surface area contributed by atoms with Crippen molar-refractivity contribution in [2.45, 2.75) is 31.9 Å². The number of nitrogens with zero attached hydrogens (tertiary/aromatic N) is 1. The van der Waals surface area contributed by atoms with Crippen molar-refractivity contribution in [2.75, 3.05) is 0 Å². The van der Waals surface area contributed by atoms with E-state index >= 15 is 0 Å². The Balaban J connectivity index is 1.58. The highest BCUT2D eigenvalue weighted by molar-refractivity contribution is 5.68. The van der Waals surface area contributed by atoms with Crippen LogP contribution in [0.25, 0.3) is 5.70 Å². The van der Waals surface area contributed by atoms with Crippen LogP contribution in [0.4, 0.5) is 26.3 Å². The number of nitrogens with one attached hydrogen (secondary N) is 2. The number of alkyl halides is 6. The van der Waals surface area contributed by atoms with Gasteiger partial charge in [-0.1, -0.05) is 30.4 Å². The van der Waals surface area contributed by atoms with E-state index in [2.05, 4.69) is 10.7 Å². The summed E-state index contributed by atoms with van der Waals surface area (Å²) < 4.78 is 77.2. The van der Waals surface area contributed by atoms with Crippen LogP contribution in [0.1, 0.15) is 24.5 Å². The molecule has 0 fully saturated rings. The fourth-order valence-corrected chi connectivity index (χ4v) is 3.69. The summed E-state index contributed by atoms with van der Waals surface area (Å²) in [6.45, 7) is 1.73. The van der Waals surface area contributed by atoms with Crippen LogP contribution < -0.4 is 10.7 Å². The average molecular weight is 455 g/mol. The lowest BCUT2D eigenvalue weighted by molar-refractivity contribution is -0.160. The summed E-state index contributed by atoms with van der Waals surface area (Å²) in [6.07, 6.45) is -2.89. The second-order valence-corrected chi connectivity index (χ2v) is 7.65. The van der Waals surface area contributed by atoms with Crippen LogP contribution in [0.2, 0.25) is 0 Å². The molecule has 2 unspecified atom stereocenters. The Morgan fingerprint density at radius 2 is 1.75 bits per heavy atom. The fourth-order valence-electron chi connectivity index (χ4n) is 3.69. The molecule has 4 rings (SSSR count). The minimum absolute atomic E-state index is 0.175. The Morgan fingerprint density at radius 3 is 2.31 bits per heavy atom. The van der Waals surface area contributed by atoms with Crippen molar-refractivity contribution in [2.24, 2.45) is 5.92 Å². The quantitative estimate of drug-likeness (QED) is 0.552. The smallest absolute Gasteiger partial charge is 0.368 e. The van der Waals surface area contributed by atoms with Crippen molar-refractivity contribution in [3.05, 3.63) is 88.4 Å². The molecule has 0 spiro atoms. The Morgan fingerprint density at radius 1 is 1.06 bits per heavy atom. The van der Waals surface area contributed by atoms with Crippen LogP contribution in [-0.4, -0.2) is 22.5 Å². The van der Waals surface area contributed by atoms with Gasteiger partial charge in [0.2, 0.25) is 0 Å². The van der Waals surface area contributed by atoms with Gasteiger partial charge in [-0.2, -0.15) is 26.3 Å². The van der Waals surface area contributed by atoms with Gasteiger partial charge in [-0.3, -0.25) is 5.43 Å². The molecule has 0 saturated heterocycles. The maximum absolute atomic E-state index is 12.9. The number of hydrazine groups is 1. The van der Waals surface area contributed by atoms with Crippen LogP contribution in [0.5, 0.6) is 0 Å². The molecule has 4 nitrogen and oxygen atoms in total. The lowest BCUT2D eigenvalue weighted by Crippen LogP contribution is -2.51. The number of hydrogen-bond donors (Lipinski definition) is 3. The van der Waals surface area contributed by atoms with Gasteiger partial charge >= 0.3 is 12.4 Å². The van der Waals surface area contributed by atoms with Crippen molar-refractivity contribution in [3.63, 3.8) is 0 Å². The average Bonchev–Trinajstić information content (AvgIpc) is 2.73. The van der Waals surface area contributed by atoms with E-state index in [9.17, 15) is 31.4 Å². The van der Waals surface area contributed by atoms with Gasteiger partial charge in [-0.25, -0.2) is 5.01 Å². The molecule has 3 aliphatic rings. The maximum atomic E-state index is 12.9. The summed E-state index contributed by atoms with van der Waals surface area (Å²) in [4.78, 5) is 0. The molecular weight excluding hydrogens is 436 g/mol. The third-order valence-electron chi connectivity index (χ3n) is 5.43. The Bertz CT molecular complexity index is 1060. The highest BCUT2D eigenvalue weighted by Crippen LogP contribution is 2.36. The van der Waals surface area contributed by atoms with Gasteiger partial charge in [0.25, 0.3) is 0 Å². The van der Waals surface area contributed by atoms with Crippen LogP contribution >= 0.6 is 0 Å². The Kier molecular flexibility index (Phi) is 5.36. The van der Waals surface area contributed by atoms with Crippen LogP contribution in [-0.2, 0) is 6.18 Å². The van der Waals surface area contributed by atoms with Gasteiger partial charge in [0.15, 0.2) is 6.23 Å². The molecule has 0 bridgehead atoms. The first kappa shape index (κ1) is 22.1. The minimum atomic E-state index is -4.46. The summed E-state index contributed by atoms with van der Waals surface area (Å²) in [6, 6.07) is 4.50. The number of hydrogen-bond acceptors (Lipinski definition) is 4. The number of allylic oxidation sites excluding steroid dienone is 7. The fraction of sp³-hybridized carbons (Fsp3) is 0.273. The van der Waals surface area contributed by atoms with E-state index in [0.29, 0.717) is 33.9 Å². The molecule has 1 aliphatic carbocycles. The molecule has 0 saturated carbocycles. The third kappa shape index (κ3) is 4.27. The van der Waals surface area contributed by atoms with E-state index < -0.39 is 30.1 Å². The molecule has 0 amide bonds. The number of rotatable bonds is 2. The number of aliphatic hydroxyl groups excluding tert-OH is 1. The van der Waals surface area contributed by atoms with Crippen LogP contribution in [0.3, 0.4) is 0 Å². The zero-order valence-electron chi connectivity index (χ0n) is 16.7. The van der Waals surface area contributed by atoms with E-state index in [1.807, 2.05) is 0 Å². The second-order valence-electron chi connectivity index (χ2n) is 7.65. The van der Waals surface area contributed by atoms with Crippen molar-refractivity contribution < 1.29 is 31.4 Å². The third-order valence-corrected chi connectivity index (χ3v) is 5.43. The van der Waals surface area contributed by atoms with Crippen LogP contribution in [0, 0.1) is 5.92 Å².